The third-order valence-electron chi connectivity index (χ3n) is 3.05. The second-order valence-corrected chi connectivity index (χ2v) is 5.20. The number of anilines is 1. The van der Waals surface area contributed by atoms with Crippen LogP contribution in [0.1, 0.15) is 6.42 Å². The predicted octanol–water partition coefficient (Wildman–Crippen LogP) is 2.74. The summed E-state index contributed by atoms with van der Waals surface area (Å²) in [5.41, 5.74) is 1.89. The fourth-order valence-electron chi connectivity index (χ4n) is 2.21. The van der Waals surface area contributed by atoms with Crippen LogP contribution in [0.2, 0.25) is 0 Å². The molecule has 17 heavy (non-hydrogen) atoms. The number of pyridine rings is 1. The molecule has 1 aromatic carbocycles. The molecule has 86 valence electrons. The lowest BCUT2D eigenvalue weighted by atomic mass is 10.1. The highest BCUT2D eigenvalue weighted by Crippen LogP contribution is 2.30. The van der Waals surface area contributed by atoms with Gasteiger partial charge in [-0.3, -0.25) is 9.78 Å². The van der Waals surface area contributed by atoms with Gasteiger partial charge in [0.05, 0.1) is 16.0 Å². The fourth-order valence-corrected chi connectivity index (χ4v) is 2.66. The van der Waals surface area contributed by atoms with E-state index in [0.717, 1.165) is 29.6 Å². The van der Waals surface area contributed by atoms with E-state index in [-0.39, 0.29) is 10.7 Å². The molecular weight excluding hydrogens is 280 g/mol. The van der Waals surface area contributed by atoms with Crippen LogP contribution in [-0.2, 0) is 4.79 Å². The average molecular weight is 291 g/mol. The van der Waals surface area contributed by atoms with Crippen LogP contribution in [0.4, 0.5) is 5.69 Å². The normalized spacial score (nSPS) is 20.2. The summed E-state index contributed by atoms with van der Waals surface area (Å²) >= 11 is 3.40. The second kappa shape index (κ2) is 4.11. The number of hydrogen-bond donors (Lipinski definition) is 0. The van der Waals surface area contributed by atoms with E-state index in [0.29, 0.717) is 0 Å². The van der Waals surface area contributed by atoms with Crippen molar-refractivity contribution in [3.05, 3.63) is 36.5 Å². The largest absolute Gasteiger partial charge is 0.311 e. The molecule has 0 saturated carbocycles. The number of amides is 1. The zero-order chi connectivity index (χ0) is 11.8. The van der Waals surface area contributed by atoms with Crippen molar-refractivity contribution in [3.8, 4) is 0 Å². The van der Waals surface area contributed by atoms with Crippen LogP contribution >= 0.6 is 15.9 Å². The van der Waals surface area contributed by atoms with Crippen molar-refractivity contribution < 1.29 is 4.79 Å². The van der Waals surface area contributed by atoms with E-state index < -0.39 is 0 Å². The smallest absolute Gasteiger partial charge is 0.240 e. The fraction of sp³-hybridized carbons (Fsp3) is 0.231. The number of halogens is 1. The van der Waals surface area contributed by atoms with Crippen LogP contribution in [0.3, 0.4) is 0 Å². The number of hydrogen-bond acceptors (Lipinski definition) is 2. The molecule has 1 amide bonds. The summed E-state index contributed by atoms with van der Waals surface area (Å²) in [6.07, 6.45) is 2.63. The maximum Gasteiger partial charge on any atom is 0.240 e. The maximum atomic E-state index is 12.0. The van der Waals surface area contributed by atoms with Crippen molar-refractivity contribution in [3.63, 3.8) is 0 Å². The van der Waals surface area contributed by atoms with Crippen molar-refractivity contribution in [2.24, 2.45) is 0 Å². The van der Waals surface area contributed by atoms with Crippen LogP contribution in [-0.4, -0.2) is 22.3 Å². The minimum absolute atomic E-state index is 0.0468. The third-order valence-corrected chi connectivity index (χ3v) is 3.90. The molecule has 0 spiro atoms. The summed E-state index contributed by atoms with van der Waals surface area (Å²) in [4.78, 5) is 18.1. The summed E-state index contributed by atoms with van der Waals surface area (Å²) in [6.45, 7) is 0.767. The lowest BCUT2D eigenvalue weighted by Crippen LogP contribution is -2.27. The number of rotatable bonds is 1. The molecule has 3 nitrogen and oxygen atoms in total. The lowest BCUT2D eigenvalue weighted by molar-refractivity contribution is -0.116. The Balaban J connectivity index is 2.15. The zero-order valence-corrected chi connectivity index (χ0v) is 10.7. The molecule has 0 N–H and O–H groups in total. The topological polar surface area (TPSA) is 33.2 Å². The van der Waals surface area contributed by atoms with Crippen molar-refractivity contribution in [2.45, 2.75) is 11.2 Å². The van der Waals surface area contributed by atoms with E-state index >= 15 is 0 Å². The van der Waals surface area contributed by atoms with Gasteiger partial charge in [-0.15, -0.1) is 0 Å². The first-order valence-corrected chi connectivity index (χ1v) is 6.48. The molecule has 2 aromatic rings. The summed E-state index contributed by atoms with van der Waals surface area (Å²) in [5, 5.41) is 1.03. The summed E-state index contributed by atoms with van der Waals surface area (Å²) < 4.78 is 0. The first-order valence-electron chi connectivity index (χ1n) is 5.56. The Morgan fingerprint density at radius 3 is 2.94 bits per heavy atom. The van der Waals surface area contributed by atoms with Gasteiger partial charge in [0, 0.05) is 18.1 Å². The van der Waals surface area contributed by atoms with Gasteiger partial charge in [-0.25, -0.2) is 0 Å². The third kappa shape index (κ3) is 1.72. The van der Waals surface area contributed by atoms with Crippen LogP contribution in [0, 0.1) is 0 Å². The number of nitrogens with zero attached hydrogens (tertiary/aromatic N) is 2. The number of carbonyl (C=O) groups excluding carboxylic acids is 1. The molecule has 1 aromatic heterocycles. The first kappa shape index (κ1) is 10.7. The number of aromatic nitrogens is 1. The molecule has 0 radical (unpaired) electrons. The molecule has 0 bridgehead atoms. The molecule has 3 rings (SSSR count). The van der Waals surface area contributed by atoms with Crippen LogP contribution in [0.25, 0.3) is 10.9 Å². The van der Waals surface area contributed by atoms with Crippen LogP contribution in [0.5, 0.6) is 0 Å². The van der Waals surface area contributed by atoms with Gasteiger partial charge < -0.3 is 4.90 Å². The molecule has 2 heterocycles. The van der Waals surface area contributed by atoms with Gasteiger partial charge in [-0.1, -0.05) is 22.0 Å². The Kier molecular flexibility index (Phi) is 2.59. The Bertz CT molecular complexity index is 579. The van der Waals surface area contributed by atoms with Gasteiger partial charge in [0.1, 0.15) is 0 Å². The molecule has 1 fully saturated rings. The standard InChI is InChI=1S/C13H11BrN2O/c14-10-6-8-16(13(10)17)12-5-1-4-11-9(12)3-2-7-15-11/h1-5,7,10H,6,8H2. The van der Waals surface area contributed by atoms with E-state index in [1.54, 1.807) is 6.20 Å². The van der Waals surface area contributed by atoms with Gasteiger partial charge in [0.25, 0.3) is 0 Å². The number of benzene rings is 1. The summed E-state index contributed by atoms with van der Waals surface area (Å²) in [5.74, 6) is 0.140. The van der Waals surface area contributed by atoms with Crippen molar-refractivity contribution in [2.75, 3.05) is 11.4 Å². The minimum Gasteiger partial charge on any atom is -0.311 e. The van der Waals surface area contributed by atoms with E-state index in [9.17, 15) is 4.79 Å². The van der Waals surface area contributed by atoms with Gasteiger partial charge in [-0.2, -0.15) is 0 Å². The number of carbonyl (C=O) groups is 1. The minimum atomic E-state index is -0.0468. The average Bonchev–Trinajstić information content (AvgIpc) is 2.69. The van der Waals surface area contributed by atoms with Gasteiger partial charge in [-0.05, 0) is 30.7 Å². The Morgan fingerprint density at radius 1 is 1.29 bits per heavy atom. The molecule has 1 saturated heterocycles. The molecule has 1 aliphatic heterocycles. The van der Waals surface area contributed by atoms with Crippen molar-refractivity contribution in [1.82, 2.24) is 4.98 Å². The van der Waals surface area contributed by atoms with Gasteiger partial charge >= 0.3 is 0 Å². The Hall–Kier alpha value is -1.42. The second-order valence-electron chi connectivity index (χ2n) is 4.09. The zero-order valence-electron chi connectivity index (χ0n) is 9.14. The molecule has 1 atom stereocenters. The summed E-state index contributed by atoms with van der Waals surface area (Å²) in [7, 11) is 0. The maximum absolute atomic E-state index is 12.0. The summed E-state index contributed by atoms with van der Waals surface area (Å²) in [6, 6.07) is 9.79. The van der Waals surface area contributed by atoms with Crippen LogP contribution < -0.4 is 4.90 Å². The van der Waals surface area contributed by atoms with Crippen molar-refractivity contribution >= 4 is 38.4 Å². The monoisotopic (exact) mass is 290 g/mol. The highest BCUT2D eigenvalue weighted by atomic mass is 79.9. The molecule has 1 aliphatic rings. The highest BCUT2D eigenvalue weighted by molar-refractivity contribution is 9.10. The molecular formula is C13H11BrN2O. The van der Waals surface area contributed by atoms with E-state index in [1.165, 1.54) is 0 Å². The number of fused-ring (bicyclic) bond motifs is 1. The Labute approximate surface area is 108 Å². The van der Waals surface area contributed by atoms with Gasteiger partial charge in [0.2, 0.25) is 5.91 Å². The molecule has 0 aliphatic carbocycles. The van der Waals surface area contributed by atoms with Crippen molar-refractivity contribution in [1.29, 1.82) is 0 Å². The lowest BCUT2D eigenvalue weighted by Gasteiger charge is -2.17. The quantitative estimate of drug-likeness (QED) is 0.757. The molecule has 4 heteroatoms. The molecule has 1 unspecified atom stereocenters. The van der Waals surface area contributed by atoms with E-state index in [2.05, 4.69) is 20.9 Å². The first-order chi connectivity index (χ1) is 8.27. The van der Waals surface area contributed by atoms with Gasteiger partial charge in [0.15, 0.2) is 0 Å². The number of alkyl halides is 1. The van der Waals surface area contributed by atoms with E-state index in [4.69, 9.17) is 0 Å². The highest BCUT2D eigenvalue weighted by Gasteiger charge is 2.31. The van der Waals surface area contributed by atoms with Crippen LogP contribution in [0.15, 0.2) is 36.5 Å². The predicted molar refractivity (Wildman–Crippen MR) is 71.4 cm³/mol. The Morgan fingerprint density at radius 2 is 2.18 bits per heavy atom. The van der Waals surface area contributed by atoms with E-state index in [1.807, 2.05) is 35.2 Å². The SMILES string of the molecule is O=C1C(Br)CCN1c1cccc2ncccc12.